The molecule has 3 heterocycles. The molecular formula is C16H18N4O5S. The van der Waals surface area contributed by atoms with Gasteiger partial charge < -0.3 is 19.8 Å². The first-order valence-electron chi connectivity index (χ1n) is 8.06. The third-order valence-corrected chi connectivity index (χ3v) is 5.03. The predicted octanol–water partition coefficient (Wildman–Crippen LogP) is 1.90. The van der Waals surface area contributed by atoms with Crippen molar-refractivity contribution in [3.05, 3.63) is 23.6 Å². The van der Waals surface area contributed by atoms with Crippen LogP contribution in [0.3, 0.4) is 0 Å². The summed E-state index contributed by atoms with van der Waals surface area (Å²) in [5.74, 6) is -0.428. The summed E-state index contributed by atoms with van der Waals surface area (Å²) in [5.41, 5.74) is 0.848. The highest BCUT2D eigenvalue weighted by molar-refractivity contribution is 7.20. The van der Waals surface area contributed by atoms with Crippen molar-refractivity contribution in [3.63, 3.8) is 0 Å². The van der Waals surface area contributed by atoms with Crippen molar-refractivity contribution in [1.29, 1.82) is 0 Å². The molecule has 0 unspecified atom stereocenters. The molecule has 1 aliphatic heterocycles. The Morgan fingerprint density at radius 2 is 2.31 bits per heavy atom. The van der Waals surface area contributed by atoms with Crippen LogP contribution in [-0.4, -0.2) is 42.1 Å². The lowest BCUT2D eigenvalue weighted by Crippen LogP contribution is -2.42. The van der Waals surface area contributed by atoms with Crippen LogP contribution >= 0.6 is 11.3 Å². The summed E-state index contributed by atoms with van der Waals surface area (Å²) >= 11 is 1.16. The number of nitrogens with zero attached hydrogens (tertiary/aromatic N) is 1. The van der Waals surface area contributed by atoms with Crippen LogP contribution in [0.1, 0.15) is 29.3 Å². The fourth-order valence-corrected chi connectivity index (χ4v) is 3.75. The average Bonchev–Trinajstić information content (AvgIpc) is 3.30. The van der Waals surface area contributed by atoms with E-state index in [0.717, 1.165) is 11.3 Å². The highest BCUT2D eigenvalue weighted by atomic mass is 32.1. The highest BCUT2D eigenvalue weighted by Gasteiger charge is 2.28. The molecule has 0 aliphatic carbocycles. The maximum absolute atomic E-state index is 12.3. The van der Waals surface area contributed by atoms with Crippen molar-refractivity contribution in [2.75, 3.05) is 18.5 Å². The molecule has 1 aliphatic rings. The smallest absolute Gasteiger partial charge is 0.341 e. The number of carbonyl (C=O) groups excluding carboxylic acids is 3. The Morgan fingerprint density at radius 1 is 1.50 bits per heavy atom. The van der Waals surface area contributed by atoms with Gasteiger partial charge in [-0.25, -0.2) is 14.6 Å². The molecule has 1 saturated heterocycles. The molecule has 0 bridgehead atoms. The average molecular weight is 378 g/mol. The fraction of sp³-hybridized carbons (Fsp3) is 0.375. The van der Waals surface area contributed by atoms with Gasteiger partial charge in [-0.05, 0) is 25.8 Å². The molecule has 138 valence electrons. The lowest BCUT2D eigenvalue weighted by atomic mass is 10.1. The second-order valence-corrected chi connectivity index (χ2v) is 6.57. The van der Waals surface area contributed by atoms with E-state index in [1.807, 2.05) is 0 Å². The first-order valence-corrected chi connectivity index (χ1v) is 8.88. The maximum atomic E-state index is 12.3. The molecule has 26 heavy (non-hydrogen) atoms. The van der Waals surface area contributed by atoms with Crippen molar-refractivity contribution in [1.82, 2.24) is 15.6 Å². The molecule has 0 spiro atoms. The Bertz CT molecular complexity index is 830. The molecule has 0 aromatic carbocycles. The molecule has 0 radical (unpaired) electrons. The summed E-state index contributed by atoms with van der Waals surface area (Å²) in [6, 6.07) is -1.16. The van der Waals surface area contributed by atoms with Crippen LogP contribution in [-0.2, 0) is 9.53 Å². The Morgan fingerprint density at radius 3 is 2.92 bits per heavy atom. The van der Waals surface area contributed by atoms with E-state index in [-0.39, 0.29) is 18.1 Å². The van der Waals surface area contributed by atoms with Crippen molar-refractivity contribution >= 4 is 34.2 Å². The zero-order chi connectivity index (χ0) is 18.7. The maximum Gasteiger partial charge on any atom is 0.341 e. The fourth-order valence-electron chi connectivity index (χ4n) is 2.62. The van der Waals surface area contributed by atoms with Crippen LogP contribution in [0.4, 0.5) is 9.80 Å². The van der Waals surface area contributed by atoms with Crippen molar-refractivity contribution in [3.8, 4) is 10.8 Å². The van der Waals surface area contributed by atoms with Gasteiger partial charge in [0, 0.05) is 6.54 Å². The van der Waals surface area contributed by atoms with Crippen LogP contribution in [0.15, 0.2) is 16.9 Å². The van der Waals surface area contributed by atoms with Gasteiger partial charge in [0.05, 0.1) is 23.2 Å². The van der Waals surface area contributed by atoms with Crippen LogP contribution in [0.25, 0.3) is 10.8 Å². The molecule has 3 N–H and O–H groups in total. The Labute approximate surface area is 153 Å². The molecule has 10 heteroatoms. The van der Waals surface area contributed by atoms with Gasteiger partial charge in [-0.3, -0.25) is 10.1 Å². The van der Waals surface area contributed by atoms with Crippen LogP contribution in [0.5, 0.6) is 0 Å². The van der Waals surface area contributed by atoms with Gasteiger partial charge in [0.15, 0.2) is 0 Å². The number of carbonyl (C=O) groups is 3. The van der Waals surface area contributed by atoms with Gasteiger partial charge in [-0.1, -0.05) is 0 Å². The summed E-state index contributed by atoms with van der Waals surface area (Å²) in [5, 5.41) is 8.18. The van der Waals surface area contributed by atoms with E-state index in [2.05, 4.69) is 20.9 Å². The van der Waals surface area contributed by atoms with Gasteiger partial charge in [-0.2, -0.15) is 0 Å². The summed E-state index contributed by atoms with van der Waals surface area (Å²) in [6.45, 7) is 4.16. The Hall–Kier alpha value is -2.88. The predicted molar refractivity (Wildman–Crippen MR) is 94.1 cm³/mol. The monoisotopic (exact) mass is 378 g/mol. The van der Waals surface area contributed by atoms with Crippen molar-refractivity contribution in [2.45, 2.75) is 26.3 Å². The molecule has 1 fully saturated rings. The quantitative estimate of drug-likeness (QED) is 0.683. The number of aromatic nitrogens is 1. The number of nitrogens with one attached hydrogen (secondary N) is 3. The van der Waals surface area contributed by atoms with Crippen LogP contribution < -0.4 is 16.0 Å². The number of hydrogen-bond donors (Lipinski definition) is 3. The second-order valence-electron chi connectivity index (χ2n) is 5.55. The number of anilines is 1. The van der Waals surface area contributed by atoms with E-state index in [9.17, 15) is 14.4 Å². The number of oxazole rings is 1. The molecule has 2 aromatic rings. The standard InChI is InChI=1S/C16H18N4O5S/c1-3-24-15(22)10-8(2)11(13-18-6-7-25-13)26-14(10)20-16(23)19-9-4-5-17-12(9)21/h6-7,9H,3-5H2,1-2H3,(H,17,21)(H2,19,20,23)/t9-/m0/s1. The molecule has 3 rings (SSSR count). The minimum absolute atomic E-state index is 0.205. The number of esters is 1. The number of amides is 3. The molecular weight excluding hydrogens is 360 g/mol. The van der Waals surface area contributed by atoms with E-state index in [0.29, 0.717) is 34.3 Å². The van der Waals surface area contributed by atoms with E-state index < -0.39 is 18.0 Å². The topological polar surface area (TPSA) is 123 Å². The van der Waals surface area contributed by atoms with E-state index >= 15 is 0 Å². The lowest BCUT2D eigenvalue weighted by Gasteiger charge is -2.11. The number of thiophene rings is 1. The van der Waals surface area contributed by atoms with Crippen LogP contribution in [0.2, 0.25) is 0 Å². The molecule has 9 nitrogen and oxygen atoms in total. The van der Waals surface area contributed by atoms with E-state index in [1.165, 1.54) is 12.5 Å². The highest BCUT2D eigenvalue weighted by Crippen LogP contribution is 2.39. The number of ether oxygens (including phenoxy) is 1. The van der Waals surface area contributed by atoms with Gasteiger partial charge in [0.1, 0.15) is 17.3 Å². The van der Waals surface area contributed by atoms with E-state index in [4.69, 9.17) is 9.15 Å². The number of rotatable bonds is 5. The zero-order valence-corrected chi connectivity index (χ0v) is 15.1. The van der Waals surface area contributed by atoms with Crippen molar-refractivity contribution < 1.29 is 23.5 Å². The zero-order valence-electron chi connectivity index (χ0n) is 14.3. The normalized spacial score (nSPS) is 16.2. The third-order valence-electron chi connectivity index (χ3n) is 3.83. The molecule has 1 atom stereocenters. The second kappa shape index (κ2) is 7.56. The largest absolute Gasteiger partial charge is 0.462 e. The first-order chi connectivity index (χ1) is 12.5. The van der Waals surface area contributed by atoms with Gasteiger partial charge in [0.25, 0.3) is 0 Å². The minimum atomic E-state index is -0.590. The third kappa shape index (κ3) is 3.54. The van der Waals surface area contributed by atoms with Gasteiger partial charge in [-0.15, -0.1) is 11.3 Å². The van der Waals surface area contributed by atoms with Crippen molar-refractivity contribution in [2.24, 2.45) is 0 Å². The van der Waals surface area contributed by atoms with Gasteiger partial charge >= 0.3 is 12.0 Å². The van der Waals surface area contributed by atoms with Crippen LogP contribution in [0, 0.1) is 6.92 Å². The summed E-state index contributed by atoms with van der Waals surface area (Å²) in [6.07, 6.45) is 3.44. The SMILES string of the molecule is CCOC(=O)c1c(NC(=O)N[C@H]2CCNC2=O)sc(-c2ncco2)c1C. The Balaban J connectivity index is 1.86. The summed E-state index contributed by atoms with van der Waals surface area (Å²) < 4.78 is 10.4. The summed E-state index contributed by atoms with van der Waals surface area (Å²) in [4.78, 5) is 40.9. The Kier molecular flexibility index (Phi) is 5.21. The summed E-state index contributed by atoms with van der Waals surface area (Å²) in [7, 11) is 0. The number of urea groups is 1. The lowest BCUT2D eigenvalue weighted by molar-refractivity contribution is -0.120. The van der Waals surface area contributed by atoms with Gasteiger partial charge in [0.2, 0.25) is 11.8 Å². The number of hydrogen-bond acceptors (Lipinski definition) is 7. The van der Waals surface area contributed by atoms with E-state index in [1.54, 1.807) is 13.8 Å². The molecule has 0 saturated carbocycles. The minimum Gasteiger partial charge on any atom is -0.462 e. The molecule has 3 amide bonds. The molecule has 2 aromatic heterocycles. The first kappa shape index (κ1) is 17.9.